The summed E-state index contributed by atoms with van der Waals surface area (Å²) >= 11 is 0. The van der Waals surface area contributed by atoms with Crippen LogP contribution in [-0.4, -0.2) is 46.9 Å². The van der Waals surface area contributed by atoms with Crippen molar-refractivity contribution in [2.45, 2.75) is 25.7 Å². The van der Waals surface area contributed by atoms with Gasteiger partial charge in [-0.2, -0.15) is 0 Å². The van der Waals surface area contributed by atoms with E-state index in [1.54, 1.807) is 0 Å². The second-order valence-electron chi connectivity index (χ2n) is 3.70. The van der Waals surface area contributed by atoms with Gasteiger partial charge in [-0.05, 0) is 37.5 Å². The number of aliphatic hydroxyl groups excluding tert-OH is 4. The van der Waals surface area contributed by atoms with Gasteiger partial charge in [0.25, 0.3) is 0 Å². The molecular formula is C10H22O4. The first-order valence-electron chi connectivity index (χ1n) is 5.21. The molecule has 1 fully saturated rings. The summed E-state index contributed by atoms with van der Waals surface area (Å²) in [5.41, 5.74) is 0. The highest BCUT2D eigenvalue weighted by Gasteiger charge is 2.19. The van der Waals surface area contributed by atoms with E-state index in [2.05, 4.69) is 0 Å². The summed E-state index contributed by atoms with van der Waals surface area (Å²) < 4.78 is 0. The van der Waals surface area contributed by atoms with Gasteiger partial charge in [-0.25, -0.2) is 0 Å². The van der Waals surface area contributed by atoms with Crippen LogP contribution in [0.3, 0.4) is 0 Å². The molecular weight excluding hydrogens is 184 g/mol. The van der Waals surface area contributed by atoms with Crippen LogP contribution in [0.5, 0.6) is 0 Å². The fourth-order valence-corrected chi connectivity index (χ4v) is 1.60. The fraction of sp³-hybridized carbons (Fsp3) is 1.00. The number of hydrogen-bond donors (Lipinski definition) is 4. The van der Waals surface area contributed by atoms with E-state index in [0.29, 0.717) is 25.0 Å². The van der Waals surface area contributed by atoms with E-state index in [0.717, 1.165) is 25.7 Å². The van der Waals surface area contributed by atoms with Crippen molar-refractivity contribution in [3.8, 4) is 0 Å². The molecule has 0 spiro atoms. The molecule has 0 aromatic heterocycles. The van der Waals surface area contributed by atoms with Crippen LogP contribution in [0.15, 0.2) is 0 Å². The van der Waals surface area contributed by atoms with E-state index in [1.165, 1.54) is 0 Å². The average Bonchev–Trinajstić information content (AvgIpc) is 2.29. The summed E-state index contributed by atoms with van der Waals surface area (Å²) in [6, 6.07) is 0. The molecule has 1 rings (SSSR count). The minimum atomic E-state index is -0.125. The average molecular weight is 206 g/mol. The van der Waals surface area contributed by atoms with Crippen LogP contribution in [0.25, 0.3) is 0 Å². The topological polar surface area (TPSA) is 80.9 Å². The van der Waals surface area contributed by atoms with Gasteiger partial charge in [0.2, 0.25) is 0 Å². The Kier molecular flexibility index (Phi) is 9.29. The van der Waals surface area contributed by atoms with Crippen molar-refractivity contribution < 1.29 is 20.4 Å². The van der Waals surface area contributed by atoms with Crippen molar-refractivity contribution in [1.29, 1.82) is 0 Å². The van der Waals surface area contributed by atoms with E-state index in [1.807, 2.05) is 0 Å². The highest BCUT2D eigenvalue weighted by Crippen LogP contribution is 2.27. The zero-order chi connectivity index (χ0) is 10.8. The number of aliphatic hydroxyl groups is 4. The molecule has 0 amide bonds. The summed E-state index contributed by atoms with van der Waals surface area (Å²) in [7, 11) is 0. The minimum Gasteiger partial charge on any atom is -0.396 e. The molecule has 0 saturated heterocycles. The molecule has 0 bridgehead atoms. The predicted molar refractivity (Wildman–Crippen MR) is 53.8 cm³/mol. The molecule has 1 saturated carbocycles. The molecule has 4 heteroatoms. The zero-order valence-electron chi connectivity index (χ0n) is 8.60. The van der Waals surface area contributed by atoms with Crippen molar-refractivity contribution in [2.24, 2.45) is 11.8 Å². The van der Waals surface area contributed by atoms with Crippen LogP contribution < -0.4 is 0 Å². The smallest absolute Gasteiger partial charge is 0.0662 e. The highest BCUT2D eigenvalue weighted by molar-refractivity contribution is 4.70. The van der Waals surface area contributed by atoms with Crippen molar-refractivity contribution >= 4 is 0 Å². The summed E-state index contributed by atoms with van der Waals surface area (Å²) in [5, 5.41) is 32.8. The quantitative estimate of drug-likeness (QED) is 0.513. The SMILES string of the molecule is OCC1CCC(CO)CC1.OCCO. The van der Waals surface area contributed by atoms with Crippen LogP contribution in [0.4, 0.5) is 0 Å². The summed E-state index contributed by atoms with van der Waals surface area (Å²) in [6.45, 7) is 0.413. The minimum absolute atomic E-state index is 0.125. The van der Waals surface area contributed by atoms with Crippen molar-refractivity contribution in [3.05, 3.63) is 0 Å². The molecule has 0 heterocycles. The first-order chi connectivity index (χ1) is 6.78. The standard InChI is InChI=1S/C8H16O2.C2H6O2/c9-5-7-1-2-8(6-10)4-3-7;3-1-2-4/h7-10H,1-6H2;3-4H,1-2H2. The van der Waals surface area contributed by atoms with E-state index in [4.69, 9.17) is 20.4 Å². The molecule has 0 unspecified atom stereocenters. The Morgan fingerprint density at radius 3 is 1.07 bits per heavy atom. The van der Waals surface area contributed by atoms with E-state index >= 15 is 0 Å². The molecule has 4 nitrogen and oxygen atoms in total. The van der Waals surface area contributed by atoms with Crippen molar-refractivity contribution in [2.75, 3.05) is 26.4 Å². The maximum Gasteiger partial charge on any atom is 0.0662 e. The highest BCUT2D eigenvalue weighted by atomic mass is 16.3. The van der Waals surface area contributed by atoms with Gasteiger partial charge in [0.1, 0.15) is 0 Å². The fourth-order valence-electron chi connectivity index (χ4n) is 1.60. The van der Waals surface area contributed by atoms with Gasteiger partial charge in [0, 0.05) is 13.2 Å². The third-order valence-corrected chi connectivity index (χ3v) is 2.58. The lowest BCUT2D eigenvalue weighted by Gasteiger charge is -2.25. The van der Waals surface area contributed by atoms with Crippen LogP contribution in [0, 0.1) is 11.8 Å². The summed E-state index contributed by atoms with van der Waals surface area (Å²) in [6.07, 6.45) is 4.40. The van der Waals surface area contributed by atoms with Crippen LogP contribution in [-0.2, 0) is 0 Å². The Hall–Kier alpha value is -0.160. The van der Waals surface area contributed by atoms with E-state index in [-0.39, 0.29) is 13.2 Å². The first kappa shape index (κ1) is 13.8. The van der Waals surface area contributed by atoms with Gasteiger partial charge in [-0.15, -0.1) is 0 Å². The molecule has 1 aliphatic rings. The maximum absolute atomic E-state index is 8.79. The zero-order valence-corrected chi connectivity index (χ0v) is 8.60. The Labute approximate surface area is 85.2 Å². The van der Waals surface area contributed by atoms with Crippen LogP contribution in [0.2, 0.25) is 0 Å². The lowest BCUT2D eigenvalue weighted by molar-refractivity contribution is 0.131. The lowest BCUT2D eigenvalue weighted by Crippen LogP contribution is -2.19. The third-order valence-electron chi connectivity index (χ3n) is 2.58. The summed E-state index contributed by atoms with van der Waals surface area (Å²) in [5.74, 6) is 1.03. The molecule has 86 valence electrons. The van der Waals surface area contributed by atoms with E-state index in [9.17, 15) is 0 Å². The molecule has 1 aliphatic carbocycles. The monoisotopic (exact) mass is 206 g/mol. The molecule has 0 aliphatic heterocycles. The molecule has 4 N–H and O–H groups in total. The second-order valence-corrected chi connectivity index (χ2v) is 3.70. The largest absolute Gasteiger partial charge is 0.396 e. The van der Waals surface area contributed by atoms with Gasteiger partial charge in [-0.1, -0.05) is 0 Å². The van der Waals surface area contributed by atoms with Gasteiger partial charge in [0.05, 0.1) is 13.2 Å². The Balaban J connectivity index is 0.000000364. The van der Waals surface area contributed by atoms with Crippen LogP contribution in [0.1, 0.15) is 25.7 Å². The summed E-state index contributed by atoms with van der Waals surface area (Å²) in [4.78, 5) is 0. The first-order valence-corrected chi connectivity index (χ1v) is 5.21. The number of hydrogen-bond acceptors (Lipinski definition) is 4. The molecule has 0 aromatic rings. The third kappa shape index (κ3) is 6.32. The van der Waals surface area contributed by atoms with Gasteiger partial charge >= 0.3 is 0 Å². The maximum atomic E-state index is 8.79. The van der Waals surface area contributed by atoms with Gasteiger partial charge in [0.15, 0.2) is 0 Å². The van der Waals surface area contributed by atoms with Crippen molar-refractivity contribution in [1.82, 2.24) is 0 Å². The molecule has 0 atom stereocenters. The normalized spacial score (nSPS) is 26.6. The molecule has 14 heavy (non-hydrogen) atoms. The lowest BCUT2D eigenvalue weighted by atomic mass is 9.83. The predicted octanol–water partition coefficient (Wildman–Crippen LogP) is -0.252. The van der Waals surface area contributed by atoms with Gasteiger partial charge in [-0.3, -0.25) is 0 Å². The Morgan fingerprint density at radius 2 is 0.929 bits per heavy atom. The second kappa shape index (κ2) is 9.40. The molecule has 0 aromatic carbocycles. The Bertz CT molecular complexity index is 96.7. The molecule has 0 radical (unpaired) electrons. The van der Waals surface area contributed by atoms with Crippen molar-refractivity contribution in [3.63, 3.8) is 0 Å². The van der Waals surface area contributed by atoms with Gasteiger partial charge < -0.3 is 20.4 Å². The van der Waals surface area contributed by atoms with E-state index < -0.39 is 0 Å². The van der Waals surface area contributed by atoms with Crippen LogP contribution >= 0.6 is 0 Å². The Morgan fingerprint density at radius 1 is 0.643 bits per heavy atom. The number of rotatable bonds is 3.